The monoisotopic (exact) mass is 769 g/mol. The summed E-state index contributed by atoms with van der Waals surface area (Å²) in [7, 11) is 0. The van der Waals surface area contributed by atoms with Crippen LogP contribution in [0.15, 0.2) is 222 Å². The molecule has 0 radical (unpaired) electrons. The van der Waals surface area contributed by atoms with Crippen molar-refractivity contribution in [1.29, 1.82) is 0 Å². The molecule has 0 amide bonds. The maximum absolute atomic E-state index is 5.20. The molecule has 0 aliphatic heterocycles. The first kappa shape index (κ1) is 36.3. The summed E-state index contributed by atoms with van der Waals surface area (Å²) >= 11 is 0. The Bertz CT molecular complexity index is 3200. The first-order valence-corrected chi connectivity index (χ1v) is 20.1. The summed E-state index contributed by atoms with van der Waals surface area (Å²) in [6.45, 7) is 4.54. The summed E-state index contributed by atoms with van der Waals surface area (Å²) in [4.78, 5) is 20.0. The number of fused-ring (bicyclic) bond motifs is 5. The second-order valence-corrected chi connectivity index (χ2v) is 14.8. The molecule has 0 atom stereocenters. The van der Waals surface area contributed by atoms with E-state index >= 15 is 0 Å². The van der Waals surface area contributed by atoms with Gasteiger partial charge in [-0.3, -0.25) is 14.4 Å². The van der Waals surface area contributed by atoms with Crippen LogP contribution in [0.1, 0.15) is 16.7 Å². The van der Waals surface area contributed by atoms with E-state index in [1.807, 2.05) is 42.5 Å². The van der Waals surface area contributed by atoms with E-state index in [1.54, 1.807) is 0 Å². The molecule has 0 N–H and O–H groups in total. The number of benzene rings is 7. The summed E-state index contributed by atoms with van der Waals surface area (Å²) in [5.41, 5.74) is 17.2. The van der Waals surface area contributed by atoms with Crippen LogP contribution >= 0.6 is 0 Å². The molecular weight excluding hydrogens is 731 g/mol. The van der Waals surface area contributed by atoms with Gasteiger partial charge < -0.3 is 0 Å². The standard InChI is InChI=1S/C55H39N5/c1-56-50(36-51(44-30-26-42(27-31-44)40-15-6-3-7-16-40)57-37-38-22-24-41(25-23-38)39-13-4-2-5-14-39)47-18-12-17-46(35-47)43-28-32-45(33-29-43)53-55-54(48-19-8-9-20-49(48)58-53)59-52-21-10-11-34-60(52)55/h2-36H,1,37H2/b50-36-,57-51+. The molecule has 10 rings (SSSR count). The highest BCUT2D eigenvalue weighted by Gasteiger charge is 2.16. The lowest BCUT2D eigenvalue weighted by Gasteiger charge is -2.11. The minimum Gasteiger partial charge on any atom is -0.298 e. The number of hydrogen-bond donors (Lipinski definition) is 0. The Balaban J connectivity index is 0.983. The zero-order valence-corrected chi connectivity index (χ0v) is 32.9. The molecular formula is C55H39N5. The minimum atomic E-state index is 0.519. The van der Waals surface area contributed by atoms with E-state index in [9.17, 15) is 0 Å². The zero-order valence-electron chi connectivity index (χ0n) is 32.9. The van der Waals surface area contributed by atoms with Crippen LogP contribution in [0.5, 0.6) is 0 Å². The molecule has 0 aliphatic rings. The van der Waals surface area contributed by atoms with E-state index in [4.69, 9.17) is 15.0 Å². The number of imidazole rings is 1. The van der Waals surface area contributed by atoms with Gasteiger partial charge in [-0.25, -0.2) is 9.97 Å². The van der Waals surface area contributed by atoms with Gasteiger partial charge in [0.25, 0.3) is 0 Å². The van der Waals surface area contributed by atoms with E-state index in [2.05, 4.69) is 186 Å². The molecule has 0 spiro atoms. The van der Waals surface area contributed by atoms with Gasteiger partial charge in [-0.15, -0.1) is 0 Å². The van der Waals surface area contributed by atoms with Crippen LogP contribution in [0.4, 0.5) is 0 Å². The Morgan fingerprint density at radius 1 is 0.517 bits per heavy atom. The van der Waals surface area contributed by atoms with Crippen LogP contribution in [0.2, 0.25) is 0 Å². The van der Waals surface area contributed by atoms with Gasteiger partial charge >= 0.3 is 0 Å². The number of nitrogens with zero attached hydrogens (tertiary/aromatic N) is 5. The minimum absolute atomic E-state index is 0.519. The average molecular weight is 770 g/mol. The van der Waals surface area contributed by atoms with Gasteiger partial charge in [-0.2, -0.15) is 0 Å². The predicted octanol–water partition coefficient (Wildman–Crippen LogP) is 13.4. The smallest absolute Gasteiger partial charge is 0.137 e. The molecule has 5 nitrogen and oxygen atoms in total. The first-order chi connectivity index (χ1) is 29.7. The molecule has 0 saturated carbocycles. The van der Waals surface area contributed by atoms with Gasteiger partial charge in [0.15, 0.2) is 0 Å². The third-order valence-corrected chi connectivity index (χ3v) is 11.0. The molecule has 0 saturated heterocycles. The number of rotatable bonds is 10. The molecule has 0 aliphatic carbocycles. The van der Waals surface area contributed by atoms with Crippen LogP contribution in [0, 0.1) is 0 Å². The van der Waals surface area contributed by atoms with Gasteiger partial charge in [0.2, 0.25) is 0 Å². The second kappa shape index (κ2) is 16.1. The van der Waals surface area contributed by atoms with E-state index in [1.165, 1.54) is 16.7 Å². The van der Waals surface area contributed by atoms with Crippen LogP contribution < -0.4 is 0 Å². The third kappa shape index (κ3) is 7.21. The van der Waals surface area contributed by atoms with Crippen molar-refractivity contribution in [2.24, 2.45) is 9.98 Å². The highest BCUT2D eigenvalue weighted by Crippen LogP contribution is 2.34. The number of para-hydroxylation sites is 1. The first-order valence-electron chi connectivity index (χ1n) is 20.1. The van der Waals surface area contributed by atoms with Gasteiger partial charge in [0.05, 0.1) is 34.7 Å². The van der Waals surface area contributed by atoms with Crippen molar-refractivity contribution in [1.82, 2.24) is 14.4 Å². The number of aromatic nitrogens is 3. The quantitative estimate of drug-likeness (QED) is 0.130. The SMILES string of the molecule is C=N/C(=C\C(=N/Cc1ccc(-c2ccccc2)cc1)c1ccc(-c2ccccc2)cc1)c1cccc(-c2ccc(-c3nc4ccccc4c4nc5ccccn5c34)cc2)c1. The number of hydrogen-bond acceptors (Lipinski definition) is 4. The molecule has 7 aromatic carbocycles. The highest BCUT2D eigenvalue weighted by molar-refractivity contribution is 6.13. The van der Waals surface area contributed by atoms with E-state index in [0.717, 1.165) is 83.6 Å². The number of aliphatic imine (C=N–C) groups is 2. The summed E-state index contributed by atoms with van der Waals surface area (Å²) in [6.07, 6.45) is 4.11. The van der Waals surface area contributed by atoms with Crippen molar-refractivity contribution in [3.05, 3.63) is 229 Å². The maximum atomic E-state index is 5.20. The normalized spacial score (nSPS) is 12.0. The molecule has 284 valence electrons. The summed E-state index contributed by atoms with van der Waals surface area (Å²) in [5, 5.41) is 1.04. The van der Waals surface area contributed by atoms with Crippen molar-refractivity contribution < 1.29 is 0 Å². The summed E-state index contributed by atoms with van der Waals surface area (Å²) in [5.74, 6) is 0. The van der Waals surface area contributed by atoms with Crippen molar-refractivity contribution in [2.75, 3.05) is 0 Å². The summed E-state index contributed by atoms with van der Waals surface area (Å²) in [6, 6.07) is 69.5. The Morgan fingerprint density at radius 2 is 1.10 bits per heavy atom. The molecule has 0 fully saturated rings. The highest BCUT2D eigenvalue weighted by atomic mass is 15.0. The molecule has 0 bridgehead atoms. The van der Waals surface area contributed by atoms with Gasteiger partial charge in [0, 0.05) is 22.7 Å². The Hall–Kier alpha value is -8.02. The largest absolute Gasteiger partial charge is 0.298 e. The Morgan fingerprint density at radius 3 is 1.82 bits per heavy atom. The summed E-state index contributed by atoms with van der Waals surface area (Å²) < 4.78 is 2.13. The molecule has 10 aromatic rings. The number of pyridine rings is 2. The van der Waals surface area contributed by atoms with Crippen molar-refractivity contribution >= 4 is 45.7 Å². The molecule has 60 heavy (non-hydrogen) atoms. The Labute approximate surface area is 349 Å². The predicted molar refractivity (Wildman–Crippen MR) is 250 cm³/mol. The fourth-order valence-electron chi connectivity index (χ4n) is 7.88. The zero-order chi connectivity index (χ0) is 40.3. The van der Waals surface area contributed by atoms with Crippen LogP contribution in [-0.4, -0.2) is 26.8 Å². The van der Waals surface area contributed by atoms with Gasteiger partial charge in [0.1, 0.15) is 11.2 Å². The Kier molecular flexibility index (Phi) is 9.74. The second-order valence-electron chi connectivity index (χ2n) is 14.8. The molecule has 3 aromatic heterocycles. The van der Waals surface area contributed by atoms with E-state index < -0.39 is 0 Å². The third-order valence-electron chi connectivity index (χ3n) is 11.0. The maximum Gasteiger partial charge on any atom is 0.137 e. The van der Waals surface area contributed by atoms with Gasteiger partial charge in [-0.1, -0.05) is 176 Å². The molecule has 0 unspecified atom stereocenters. The van der Waals surface area contributed by atoms with Crippen LogP contribution in [0.3, 0.4) is 0 Å². The fourth-order valence-corrected chi connectivity index (χ4v) is 7.88. The van der Waals surface area contributed by atoms with Crippen molar-refractivity contribution in [3.63, 3.8) is 0 Å². The van der Waals surface area contributed by atoms with Crippen molar-refractivity contribution in [3.8, 4) is 44.6 Å². The van der Waals surface area contributed by atoms with Gasteiger partial charge in [-0.05, 0) is 81.6 Å². The lowest BCUT2D eigenvalue weighted by Crippen LogP contribution is -2.00. The van der Waals surface area contributed by atoms with Crippen LogP contribution in [-0.2, 0) is 6.54 Å². The number of allylic oxidation sites excluding steroid dienone is 1. The fraction of sp³-hybridized carbons (Fsp3) is 0.0182. The van der Waals surface area contributed by atoms with E-state index in [0.29, 0.717) is 6.54 Å². The van der Waals surface area contributed by atoms with Crippen molar-refractivity contribution in [2.45, 2.75) is 6.54 Å². The van der Waals surface area contributed by atoms with Crippen LogP contribution in [0.25, 0.3) is 77.9 Å². The molecule has 3 heterocycles. The lowest BCUT2D eigenvalue weighted by molar-refractivity contribution is 1.07. The van der Waals surface area contributed by atoms with E-state index in [-0.39, 0.29) is 0 Å². The topological polar surface area (TPSA) is 54.9 Å². The average Bonchev–Trinajstić information content (AvgIpc) is 3.73. The lowest BCUT2D eigenvalue weighted by atomic mass is 9.98. The molecule has 5 heteroatoms.